The monoisotopic (exact) mass is 457 g/mol. The molecule has 0 unspecified atom stereocenters. The summed E-state index contributed by atoms with van der Waals surface area (Å²) in [6, 6.07) is 11.5. The minimum absolute atomic E-state index is 0.00683. The van der Waals surface area contributed by atoms with Gasteiger partial charge in [-0.05, 0) is 42.3 Å². The van der Waals surface area contributed by atoms with E-state index in [1.54, 1.807) is 43.3 Å². The molecule has 8 heteroatoms. The van der Waals surface area contributed by atoms with Crippen molar-refractivity contribution in [3.8, 4) is 0 Å². The van der Waals surface area contributed by atoms with Gasteiger partial charge in [-0.15, -0.1) is 0 Å². The smallest absolute Gasteiger partial charge is 0.238 e. The van der Waals surface area contributed by atoms with Gasteiger partial charge in [0.1, 0.15) is 5.41 Å². The summed E-state index contributed by atoms with van der Waals surface area (Å²) < 4.78 is 0. The molecule has 0 radical (unpaired) electrons. The molecule has 0 aliphatic carbocycles. The molecule has 1 spiro atoms. The van der Waals surface area contributed by atoms with Crippen LogP contribution in [0.3, 0.4) is 0 Å². The van der Waals surface area contributed by atoms with Crippen LogP contribution in [0.4, 0.5) is 5.69 Å². The highest BCUT2D eigenvalue weighted by Gasteiger charge is 2.63. The summed E-state index contributed by atoms with van der Waals surface area (Å²) in [6.45, 7) is 5.52. The summed E-state index contributed by atoms with van der Waals surface area (Å²) in [5.74, 6) is -1.76. The molecule has 2 aliphatic rings. The summed E-state index contributed by atoms with van der Waals surface area (Å²) in [5, 5.41) is 3.91. The maximum atomic E-state index is 13.8. The first-order valence-electron chi connectivity index (χ1n) is 9.76. The van der Waals surface area contributed by atoms with Crippen molar-refractivity contribution in [1.29, 1.82) is 0 Å². The number of likely N-dealkylation sites (tertiary alicyclic amines) is 1. The first kappa shape index (κ1) is 21.4. The number of fused-ring (bicyclic) bond motifs is 2. The number of amides is 3. The van der Waals surface area contributed by atoms with Crippen LogP contribution < -0.4 is 11.1 Å². The normalized spacial score (nSPS) is 24.8. The second-order valence-electron chi connectivity index (χ2n) is 8.06. The number of piperidine rings is 1. The highest BCUT2D eigenvalue weighted by Crippen LogP contribution is 2.56. The molecular weight excluding hydrogens is 437 g/mol. The summed E-state index contributed by atoms with van der Waals surface area (Å²) in [5.41, 5.74) is 6.82. The van der Waals surface area contributed by atoms with Crippen LogP contribution in [0.15, 0.2) is 54.6 Å². The number of halogens is 2. The summed E-state index contributed by atoms with van der Waals surface area (Å²) in [4.78, 5) is 40.2. The van der Waals surface area contributed by atoms with E-state index in [1.807, 2.05) is 6.07 Å². The molecule has 4 rings (SSSR count). The average Bonchev–Trinajstić information content (AvgIpc) is 2.95. The van der Waals surface area contributed by atoms with E-state index in [2.05, 4.69) is 11.9 Å². The Hall–Kier alpha value is -2.83. The van der Waals surface area contributed by atoms with Crippen molar-refractivity contribution in [2.45, 2.75) is 30.7 Å². The molecular formula is C23H21Cl2N3O3. The van der Waals surface area contributed by atoms with Gasteiger partial charge in [-0.1, -0.05) is 53.6 Å². The summed E-state index contributed by atoms with van der Waals surface area (Å²) in [6.07, 6.45) is 0.00683. The number of hydrogen-bond acceptors (Lipinski definition) is 3. The van der Waals surface area contributed by atoms with Gasteiger partial charge in [-0.25, -0.2) is 0 Å². The van der Waals surface area contributed by atoms with Gasteiger partial charge in [0.15, 0.2) is 0 Å². The first-order valence-corrected chi connectivity index (χ1v) is 10.5. The molecule has 2 aliphatic heterocycles. The number of benzene rings is 2. The minimum Gasteiger partial charge on any atom is -0.368 e. The Bertz CT molecular complexity index is 1130. The van der Waals surface area contributed by atoms with Crippen LogP contribution >= 0.6 is 23.2 Å². The Labute approximate surface area is 190 Å². The second-order valence-corrected chi connectivity index (χ2v) is 8.93. The number of carbonyl (C=O) groups is 3. The Balaban J connectivity index is 2.03. The molecule has 0 aromatic heterocycles. The molecule has 2 heterocycles. The lowest BCUT2D eigenvalue weighted by molar-refractivity contribution is -0.146. The van der Waals surface area contributed by atoms with Gasteiger partial charge in [0.2, 0.25) is 17.7 Å². The first-order chi connectivity index (χ1) is 14.7. The average molecular weight is 458 g/mol. The fraction of sp³-hybridized carbons (Fsp3) is 0.261. The maximum absolute atomic E-state index is 13.8. The number of rotatable bonds is 4. The Kier molecular flexibility index (Phi) is 5.31. The Morgan fingerprint density at radius 2 is 1.94 bits per heavy atom. The van der Waals surface area contributed by atoms with Crippen molar-refractivity contribution >= 4 is 46.6 Å². The van der Waals surface area contributed by atoms with Crippen LogP contribution in [0, 0.1) is 0 Å². The van der Waals surface area contributed by atoms with Gasteiger partial charge >= 0.3 is 0 Å². The van der Waals surface area contributed by atoms with E-state index in [-0.39, 0.29) is 24.8 Å². The van der Waals surface area contributed by atoms with Crippen LogP contribution in [0.25, 0.3) is 0 Å². The van der Waals surface area contributed by atoms with E-state index < -0.39 is 23.3 Å². The molecule has 31 heavy (non-hydrogen) atoms. The second kappa shape index (κ2) is 7.70. The molecule has 0 saturated carbocycles. The fourth-order valence-electron chi connectivity index (χ4n) is 5.09. The lowest BCUT2D eigenvalue weighted by Crippen LogP contribution is -2.64. The molecule has 1 saturated heterocycles. The molecule has 3 N–H and O–H groups in total. The predicted molar refractivity (Wildman–Crippen MR) is 120 cm³/mol. The molecule has 2 aromatic carbocycles. The number of primary amides is 1. The molecule has 2 aromatic rings. The fourth-order valence-corrected chi connectivity index (χ4v) is 5.46. The maximum Gasteiger partial charge on any atom is 0.238 e. The summed E-state index contributed by atoms with van der Waals surface area (Å²) in [7, 11) is 0. The summed E-state index contributed by atoms with van der Waals surface area (Å²) >= 11 is 12.4. The Morgan fingerprint density at radius 1 is 1.23 bits per heavy atom. The predicted octanol–water partition coefficient (Wildman–Crippen LogP) is 3.63. The van der Waals surface area contributed by atoms with E-state index in [4.69, 9.17) is 28.9 Å². The van der Waals surface area contributed by atoms with E-state index in [0.717, 1.165) is 5.56 Å². The number of carbonyl (C=O) groups excluding carboxylic acids is 3. The molecule has 6 nitrogen and oxygen atoms in total. The van der Waals surface area contributed by atoms with Gasteiger partial charge < -0.3 is 16.0 Å². The highest BCUT2D eigenvalue weighted by atomic mass is 35.5. The van der Waals surface area contributed by atoms with E-state index in [1.165, 1.54) is 4.90 Å². The van der Waals surface area contributed by atoms with Crippen LogP contribution in [-0.4, -0.2) is 35.2 Å². The van der Waals surface area contributed by atoms with Gasteiger partial charge in [0, 0.05) is 28.1 Å². The van der Waals surface area contributed by atoms with Crippen LogP contribution in [0.2, 0.25) is 10.0 Å². The lowest BCUT2D eigenvalue weighted by atomic mass is 9.58. The molecule has 3 amide bonds. The van der Waals surface area contributed by atoms with Gasteiger partial charge in [0.25, 0.3) is 0 Å². The van der Waals surface area contributed by atoms with E-state index >= 15 is 0 Å². The van der Waals surface area contributed by atoms with Gasteiger partial charge in [-0.3, -0.25) is 14.4 Å². The topological polar surface area (TPSA) is 92.5 Å². The zero-order valence-corrected chi connectivity index (χ0v) is 18.3. The lowest BCUT2D eigenvalue weighted by Gasteiger charge is -2.51. The number of nitrogens with one attached hydrogen (secondary N) is 1. The molecule has 1 fully saturated rings. The molecule has 160 valence electrons. The van der Waals surface area contributed by atoms with Crippen molar-refractivity contribution in [2.24, 2.45) is 5.73 Å². The third-order valence-electron chi connectivity index (χ3n) is 6.09. The van der Waals surface area contributed by atoms with Crippen LogP contribution in [0.1, 0.15) is 30.4 Å². The third-order valence-corrected chi connectivity index (χ3v) is 6.56. The third kappa shape index (κ3) is 3.30. The van der Waals surface area contributed by atoms with Crippen molar-refractivity contribution in [3.63, 3.8) is 0 Å². The number of nitrogens with zero attached hydrogens (tertiary/aromatic N) is 1. The van der Waals surface area contributed by atoms with Crippen molar-refractivity contribution in [1.82, 2.24) is 4.90 Å². The van der Waals surface area contributed by atoms with Crippen LogP contribution in [0.5, 0.6) is 0 Å². The zero-order chi connectivity index (χ0) is 22.5. The number of nitrogens with two attached hydrogens (primary N) is 1. The van der Waals surface area contributed by atoms with Crippen molar-refractivity contribution in [3.05, 3.63) is 75.8 Å². The van der Waals surface area contributed by atoms with Crippen molar-refractivity contribution < 1.29 is 14.4 Å². The minimum atomic E-state index is -1.22. The van der Waals surface area contributed by atoms with Gasteiger partial charge in [0.05, 0.1) is 12.6 Å². The quantitative estimate of drug-likeness (QED) is 0.686. The van der Waals surface area contributed by atoms with Gasteiger partial charge in [-0.2, -0.15) is 0 Å². The standard InChI is InChI=1S/C23H21Cl2N3O3/c1-12(2)21-23(16-7-6-15(25)9-18(16)27-22(23)31)17(13-4-3-5-14(24)8-13)10-20(30)28(21)11-19(26)29/h3-9,17,21H,1,10-11H2,2H3,(H2,26,29)(H,27,31)/t17-,21+,23-/m1/s1. The zero-order valence-electron chi connectivity index (χ0n) is 16.8. The van der Waals surface area contributed by atoms with E-state index in [9.17, 15) is 14.4 Å². The molecule has 3 atom stereocenters. The SMILES string of the molecule is C=C(C)[C@@H]1N(CC(N)=O)C(=O)C[C@H](c2cccc(Cl)c2)[C@@]12C(=O)Nc1cc(Cl)ccc12. The van der Waals surface area contributed by atoms with E-state index in [0.29, 0.717) is 26.9 Å². The van der Waals surface area contributed by atoms with Crippen LogP contribution in [-0.2, 0) is 19.8 Å². The van der Waals surface area contributed by atoms with Crippen molar-refractivity contribution in [2.75, 3.05) is 11.9 Å². The Morgan fingerprint density at radius 3 is 2.58 bits per heavy atom. The highest BCUT2D eigenvalue weighted by molar-refractivity contribution is 6.31. The molecule has 0 bridgehead atoms. The number of anilines is 1. The largest absolute Gasteiger partial charge is 0.368 e. The number of hydrogen-bond donors (Lipinski definition) is 2.